The number of carbonyl (C=O) groups excluding carboxylic acids is 1. The fourth-order valence-electron chi connectivity index (χ4n) is 3.78. The third-order valence-electron chi connectivity index (χ3n) is 5.41. The van der Waals surface area contributed by atoms with Gasteiger partial charge in [0.1, 0.15) is 0 Å². The number of rotatable bonds is 5. The Balaban J connectivity index is 1.69. The average Bonchev–Trinajstić information content (AvgIpc) is 2.95. The van der Waals surface area contributed by atoms with Crippen LogP contribution in [-0.2, 0) is 4.79 Å². The summed E-state index contributed by atoms with van der Waals surface area (Å²) in [6.07, 6.45) is 8.51. The molecule has 2 aliphatic carbocycles. The Kier molecular flexibility index (Phi) is 5.85. The van der Waals surface area contributed by atoms with Crippen molar-refractivity contribution in [1.29, 1.82) is 0 Å². The van der Waals surface area contributed by atoms with Crippen molar-refractivity contribution in [3.8, 4) is 0 Å². The molecule has 2 saturated carbocycles. The Bertz CT molecular complexity index is 315. The molecule has 0 spiro atoms. The number of amides is 1. The second-order valence-electron chi connectivity index (χ2n) is 6.77. The van der Waals surface area contributed by atoms with Crippen molar-refractivity contribution in [2.24, 2.45) is 17.6 Å². The highest BCUT2D eigenvalue weighted by molar-refractivity contribution is 5.79. The standard InChI is InChI=1S/C16H31N3O/c1-12-14(8-5-9-15(12)17)16(20)18-10-11-19(2)13-6-3-4-7-13/h12-15H,3-11,17H2,1-2H3,(H,18,20). The Morgan fingerprint density at radius 3 is 2.60 bits per heavy atom. The first kappa shape index (κ1) is 15.8. The molecule has 0 heterocycles. The molecule has 1 amide bonds. The lowest BCUT2D eigenvalue weighted by Crippen LogP contribution is -2.46. The van der Waals surface area contributed by atoms with Crippen molar-refractivity contribution in [3.63, 3.8) is 0 Å². The molecule has 0 aromatic heterocycles. The molecule has 3 unspecified atom stereocenters. The second kappa shape index (κ2) is 7.41. The maximum absolute atomic E-state index is 12.3. The first-order valence-electron chi connectivity index (χ1n) is 8.33. The zero-order valence-corrected chi connectivity index (χ0v) is 13.1. The fraction of sp³-hybridized carbons (Fsp3) is 0.938. The summed E-state index contributed by atoms with van der Waals surface area (Å²) in [6, 6.07) is 0.926. The van der Waals surface area contributed by atoms with Gasteiger partial charge in [0, 0.05) is 31.1 Å². The van der Waals surface area contributed by atoms with E-state index in [0.717, 1.165) is 38.4 Å². The van der Waals surface area contributed by atoms with Crippen LogP contribution in [0, 0.1) is 11.8 Å². The lowest BCUT2D eigenvalue weighted by atomic mass is 9.77. The van der Waals surface area contributed by atoms with Crippen molar-refractivity contribution >= 4 is 5.91 Å². The third-order valence-corrected chi connectivity index (χ3v) is 5.41. The van der Waals surface area contributed by atoms with Crippen molar-refractivity contribution in [2.45, 2.75) is 64.0 Å². The molecule has 4 heteroatoms. The minimum Gasteiger partial charge on any atom is -0.355 e. The van der Waals surface area contributed by atoms with Gasteiger partial charge >= 0.3 is 0 Å². The molecule has 0 aliphatic heterocycles. The molecule has 0 aromatic carbocycles. The maximum atomic E-state index is 12.3. The van der Waals surface area contributed by atoms with Crippen LogP contribution in [0.4, 0.5) is 0 Å². The van der Waals surface area contributed by atoms with E-state index in [1.807, 2.05) is 0 Å². The van der Waals surface area contributed by atoms with Gasteiger partial charge < -0.3 is 16.0 Å². The number of nitrogens with two attached hydrogens (primary N) is 1. The summed E-state index contributed by atoms with van der Waals surface area (Å²) >= 11 is 0. The minimum absolute atomic E-state index is 0.121. The number of nitrogens with one attached hydrogen (secondary N) is 1. The molecule has 0 saturated heterocycles. The van der Waals surface area contributed by atoms with Crippen molar-refractivity contribution in [3.05, 3.63) is 0 Å². The Labute approximate surface area is 123 Å². The summed E-state index contributed by atoms with van der Waals surface area (Å²) in [6.45, 7) is 3.85. The highest BCUT2D eigenvalue weighted by Gasteiger charge is 2.32. The molecular weight excluding hydrogens is 250 g/mol. The zero-order valence-electron chi connectivity index (χ0n) is 13.1. The first-order valence-corrected chi connectivity index (χ1v) is 8.33. The van der Waals surface area contributed by atoms with Crippen LogP contribution in [-0.4, -0.2) is 43.0 Å². The van der Waals surface area contributed by atoms with Gasteiger partial charge in [0.05, 0.1) is 0 Å². The van der Waals surface area contributed by atoms with Gasteiger partial charge in [0.2, 0.25) is 5.91 Å². The Hall–Kier alpha value is -0.610. The summed E-state index contributed by atoms with van der Waals surface area (Å²) in [5, 5.41) is 3.12. The van der Waals surface area contributed by atoms with E-state index in [4.69, 9.17) is 5.73 Å². The molecular formula is C16H31N3O. The predicted molar refractivity (Wildman–Crippen MR) is 82.4 cm³/mol. The normalized spacial score (nSPS) is 31.7. The molecule has 4 nitrogen and oxygen atoms in total. The molecule has 20 heavy (non-hydrogen) atoms. The summed E-state index contributed by atoms with van der Waals surface area (Å²) in [7, 11) is 2.18. The maximum Gasteiger partial charge on any atom is 0.223 e. The summed E-state index contributed by atoms with van der Waals surface area (Å²) < 4.78 is 0. The fourth-order valence-corrected chi connectivity index (χ4v) is 3.78. The first-order chi connectivity index (χ1) is 9.59. The average molecular weight is 281 g/mol. The van der Waals surface area contributed by atoms with E-state index in [1.165, 1.54) is 25.7 Å². The van der Waals surface area contributed by atoms with Gasteiger partial charge in [-0.25, -0.2) is 0 Å². The zero-order chi connectivity index (χ0) is 14.5. The number of carbonyl (C=O) groups is 1. The summed E-state index contributed by atoms with van der Waals surface area (Å²) in [5.74, 6) is 0.652. The molecule has 3 N–H and O–H groups in total. The van der Waals surface area contributed by atoms with Crippen LogP contribution in [0.1, 0.15) is 51.9 Å². The second-order valence-corrected chi connectivity index (χ2v) is 6.77. The molecule has 0 bridgehead atoms. The van der Waals surface area contributed by atoms with Crippen molar-refractivity contribution in [1.82, 2.24) is 10.2 Å². The third kappa shape index (κ3) is 3.95. The van der Waals surface area contributed by atoms with Gasteiger partial charge in [-0.15, -0.1) is 0 Å². The highest BCUT2D eigenvalue weighted by atomic mass is 16.1. The van der Waals surface area contributed by atoms with Crippen LogP contribution < -0.4 is 11.1 Å². The molecule has 3 atom stereocenters. The van der Waals surface area contributed by atoms with E-state index < -0.39 is 0 Å². The van der Waals surface area contributed by atoms with E-state index in [2.05, 4.69) is 24.2 Å². The number of hydrogen-bond donors (Lipinski definition) is 2. The monoisotopic (exact) mass is 281 g/mol. The van der Waals surface area contributed by atoms with E-state index in [9.17, 15) is 4.79 Å². The van der Waals surface area contributed by atoms with E-state index in [0.29, 0.717) is 5.92 Å². The predicted octanol–water partition coefficient (Wildman–Crippen LogP) is 1.74. The van der Waals surface area contributed by atoms with E-state index in [1.54, 1.807) is 0 Å². The van der Waals surface area contributed by atoms with Crippen LogP contribution in [0.2, 0.25) is 0 Å². The SMILES string of the molecule is CC1C(N)CCCC1C(=O)NCCN(C)C1CCCC1. The molecule has 2 aliphatic rings. The highest BCUT2D eigenvalue weighted by Crippen LogP contribution is 2.29. The number of nitrogens with zero attached hydrogens (tertiary/aromatic N) is 1. The summed E-state index contributed by atoms with van der Waals surface area (Å²) in [4.78, 5) is 14.7. The lowest BCUT2D eigenvalue weighted by Gasteiger charge is -2.33. The Morgan fingerprint density at radius 2 is 1.90 bits per heavy atom. The van der Waals surface area contributed by atoms with E-state index in [-0.39, 0.29) is 17.9 Å². The molecule has 0 radical (unpaired) electrons. The van der Waals surface area contributed by atoms with Gasteiger partial charge in [-0.1, -0.05) is 26.2 Å². The minimum atomic E-state index is 0.121. The summed E-state index contributed by atoms with van der Waals surface area (Å²) in [5.41, 5.74) is 6.08. The van der Waals surface area contributed by atoms with Crippen molar-refractivity contribution in [2.75, 3.05) is 20.1 Å². The molecule has 0 aromatic rings. The van der Waals surface area contributed by atoms with Gasteiger partial charge in [-0.2, -0.15) is 0 Å². The van der Waals surface area contributed by atoms with Crippen LogP contribution >= 0.6 is 0 Å². The van der Waals surface area contributed by atoms with Crippen LogP contribution in [0.25, 0.3) is 0 Å². The van der Waals surface area contributed by atoms with Crippen molar-refractivity contribution < 1.29 is 4.79 Å². The largest absolute Gasteiger partial charge is 0.355 e. The van der Waals surface area contributed by atoms with Crippen LogP contribution in [0.5, 0.6) is 0 Å². The van der Waals surface area contributed by atoms with Gasteiger partial charge in [-0.3, -0.25) is 4.79 Å². The lowest BCUT2D eigenvalue weighted by molar-refractivity contribution is -0.127. The van der Waals surface area contributed by atoms with Gasteiger partial charge in [0.25, 0.3) is 0 Å². The van der Waals surface area contributed by atoms with Crippen LogP contribution in [0.15, 0.2) is 0 Å². The Morgan fingerprint density at radius 1 is 1.20 bits per heavy atom. The number of hydrogen-bond acceptors (Lipinski definition) is 3. The van der Waals surface area contributed by atoms with E-state index >= 15 is 0 Å². The molecule has 2 rings (SSSR count). The smallest absolute Gasteiger partial charge is 0.223 e. The van der Waals surface area contributed by atoms with Gasteiger partial charge in [-0.05, 0) is 38.6 Å². The van der Waals surface area contributed by atoms with Crippen LogP contribution in [0.3, 0.4) is 0 Å². The quantitative estimate of drug-likeness (QED) is 0.807. The molecule has 2 fully saturated rings. The number of likely N-dealkylation sites (N-methyl/N-ethyl adjacent to an activating group) is 1. The molecule has 116 valence electrons. The topological polar surface area (TPSA) is 58.4 Å². The van der Waals surface area contributed by atoms with Gasteiger partial charge in [0.15, 0.2) is 0 Å².